The summed E-state index contributed by atoms with van der Waals surface area (Å²) in [7, 11) is 0. The molecule has 116 valence electrons. The fourth-order valence-electron chi connectivity index (χ4n) is 3.51. The number of carbonyl (C=O) groups is 1. The van der Waals surface area contributed by atoms with E-state index >= 15 is 0 Å². The van der Waals surface area contributed by atoms with E-state index in [-0.39, 0.29) is 6.04 Å². The van der Waals surface area contributed by atoms with Crippen molar-refractivity contribution >= 4 is 5.91 Å². The summed E-state index contributed by atoms with van der Waals surface area (Å²) in [5, 5.41) is 0. The monoisotopic (exact) mass is 281 g/mol. The van der Waals surface area contributed by atoms with Gasteiger partial charge in [-0.05, 0) is 32.6 Å². The van der Waals surface area contributed by atoms with Crippen molar-refractivity contribution in [2.24, 2.45) is 5.92 Å². The molecule has 1 atom stereocenters. The Labute approximate surface area is 124 Å². The van der Waals surface area contributed by atoms with Gasteiger partial charge >= 0.3 is 0 Å². The van der Waals surface area contributed by atoms with E-state index in [1.165, 1.54) is 6.54 Å². The van der Waals surface area contributed by atoms with E-state index in [0.29, 0.717) is 11.9 Å². The summed E-state index contributed by atoms with van der Waals surface area (Å²) < 4.78 is 0. The Hall–Kier alpha value is -0.610. The molecule has 0 radical (unpaired) electrons. The Balaban J connectivity index is 1.88. The SMILES string of the molecule is CC(C)CN1CCN([C@@H]2CCCN(C(C)C)C2=O)CC1. The first-order valence-corrected chi connectivity index (χ1v) is 8.26. The minimum absolute atomic E-state index is 0.146. The highest BCUT2D eigenvalue weighted by molar-refractivity contribution is 5.82. The number of likely N-dealkylation sites (tertiary alicyclic amines) is 1. The lowest BCUT2D eigenvalue weighted by Gasteiger charge is -2.43. The zero-order valence-corrected chi connectivity index (χ0v) is 13.6. The van der Waals surface area contributed by atoms with Crippen LogP contribution in [0.3, 0.4) is 0 Å². The molecule has 0 spiro atoms. The second kappa shape index (κ2) is 6.90. The van der Waals surface area contributed by atoms with Gasteiger partial charge in [-0.15, -0.1) is 0 Å². The summed E-state index contributed by atoms with van der Waals surface area (Å²) in [6.07, 6.45) is 2.20. The normalized spacial score (nSPS) is 26.8. The molecular formula is C16H31N3O. The van der Waals surface area contributed by atoms with Crippen molar-refractivity contribution in [3.63, 3.8) is 0 Å². The van der Waals surface area contributed by atoms with Gasteiger partial charge < -0.3 is 9.80 Å². The maximum Gasteiger partial charge on any atom is 0.240 e. The quantitative estimate of drug-likeness (QED) is 0.784. The highest BCUT2D eigenvalue weighted by Gasteiger charge is 2.35. The van der Waals surface area contributed by atoms with Gasteiger partial charge in [0.05, 0.1) is 6.04 Å². The summed E-state index contributed by atoms with van der Waals surface area (Å²) in [4.78, 5) is 19.6. The number of amides is 1. The molecule has 0 bridgehead atoms. The molecule has 4 nitrogen and oxygen atoms in total. The van der Waals surface area contributed by atoms with Crippen LogP contribution in [0.25, 0.3) is 0 Å². The van der Waals surface area contributed by atoms with Gasteiger partial charge in [-0.3, -0.25) is 9.69 Å². The molecule has 0 aromatic rings. The van der Waals surface area contributed by atoms with Crippen LogP contribution >= 0.6 is 0 Å². The maximum atomic E-state index is 12.6. The average Bonchev–Trinajstić information content (AvgIpc) is 2.39. The van der Waals surface area contributed by atoms with Crippen molar-refractivity contribution in [1.82, 2.24) is 14.7 Å². The average molecular weight is 281 g/mol. The summed E-state index contributed by atoms with van der Waals surface area (Å²) in [6.45, 7) is 15.3. The van der Waals surface area contributed by atoms with Crippen molar-refractivity contribution < 1.29 is 4.79 Å². The zero-order valence-electron chi connectivity index (χ0n) is 13.6. The van der Waals surface area contributed by atoms with Gasteiger partial charge in [0.25, 0.3) is 0 Å². The predicted octanol–water partition coefficient (Wildman–Crippen LogP) is 1.66. The Morgan fingerprint density at radius 1 is 1.05 bits per heavy atom. The van der Waals surface area contributed by atoms with Crippen LogP contribution in [-0.4, -0.2) is 72.0 Å². The van der Waals surface area contributed by atoms with Crippen molar-refractivity contribution in [3.05, 3.63) is 0 Å². The topological polar surface area (TPSA) is 26.8 Å². The molecule has 2 heterocycles. The third-order valence-corrected chi connectivity index (χ3v) is 4.54. The molecule has 0 aromatic heterocycles. The van der Waals surface area contributed by atoms with Crippen molar-refractivity contribution in [1.29, 1.82) is 0 Å². The third-order valence-electron chi connectivity index (χ3n) is 4.54. The highest BCUT2D eigenvalue weighted by atomic mass is 16.2. The molecule has 0 saturated carbocycles. The van der Waals surface area contributed by atoms with E-state index in [1.807, 2.05) is 0 Å². The van der Waals surface area contributed by atoms with Crippen LogP contribution in [0.2, 0.25) is 0 Å². The lowest BCUT2D eigenvalue weighted by atomic mass is 10.0. The van der Waals surface area contributed by atoms with Crippen molar-refractivity contribution in [2.45, 2.75) is 52.6 Å². The molecule has 1 amide bonds. The van der Waals surface area contributed by atoms with Crippen LogP contribution in [0.15, 0.2) is 0 Å². The number of carbonyl (C=O) groups excluding carboxylic acids is 1. The van der Waals surface area contributed by atoms with E-state index in [4.69, 9.17) is 0 Å². The molecule has 0 N–H and O–H groups in total. The van der Waals surface area contributed by atoms with Crippen molar-refractivity contribution in [2.75, 3.05) is 39.3 Å². The van der Waals surface area contributed by atoms with Gasteiger partial charge in [0.15, 0.2) is 0 Å². The van der Waals surface area contributed by atoms with Crippen LogP contribution in [-0.2, 0) is 4.79 Å². The lowest BCUT2D eigenvalue weighted by Crippen LogP contribution is -2.58. The van der Waals surface area contributed by atoms with E-state index in [0.717, 1.165) is 51.5 Å². The second-order valence-corrected chi connectivity index (χ2v) is 7.01. The molecule has 2 aliphatic rings. The van der Waals surface area contributed by atoms with Gasteiger partial charge in [-0.25, -0.2) is 0 Å². The summed E-state index contributed by atoms with van der Waals surface area (Å²) in [5.41, 5.74) is 0. The van der Waals surface area contributed by atoms with E-state index in [2.05, 4.69) is 42.4 Å². The smallest absolute Gasteiger partial charge is 0.240 e. The van der Waals surface area contributed by atoms with Crippen LogP contribution in [0.4, 0.5) is 0 Å². The molecule has 20 heavy (non-hydrogen) atoms. The van der Waals surface area contributed by atoms with Crippen LogP contribution in [0.1, 0.15) is 40.5 Å². The van der Waals surface area contributed by atoms with Gasteiger partial charge in [-0.2, -0.15) is 0 Å². The molecule has 4 heteroatoms. The molecule has 2 saturated heterocycles. The van der Waals surface area contributed by atoms with Gasteiger partial charge in [0.2, 0.25) is 5.91 Å². The Morgan fingerprint density at radius 2 is 1.70 bits per heavy atom. The van der Waals surface area contributed by atoms with E-state index < -0.39 is 0 Å². The first-order valence-electron chi connectivity index (χ1n) is 8.26. The minimum atomic E-state index is 0.146. The number of hydrogen-bond donors (Lipinski definition) is 0. The highest BCUT2D eigenvalue weighted by Crippen LogP contribution is 2.20. The first-order chi connectivity index (χ1) is 9.49. The standard InChI is InChI=1S/C16H31N3O/c1-13(2)12-17-8-10-18(11-9-17)15-6-5-7-19(14(3)4)16(15)20/h13-15H,5-12H2,1-4H3/t15-/m1/s1. The maximum absolute atomic E-state index is 12.6. The Bertz CT molecular complexity index is 322. The number of hydrogen-bond acceptors (Lipinski definition) is 3. The molecule has 0 aromatic carbocycles. The number of nitrogens with zero attached hydrogens (tertiary/aromatic N) is 3. The minimum Gasteiger partial charge on any atom is -0.339 e. The summed E-state index contributed by atoms with van der Waals surface area (Å²) >= 11 is 0. The largest absolute Gasteiger partial charge is 0.339 e. The fraction of sp³-hybridized carbons (Fsp3) is 0.938. The third kappa shape index (κ3) is 3.73. The van der Waals surface area contributed by atoms with Crippen LogP contribution in [0, 0.1) is 5.92 Å². The second-order valence-electron chi connectivity index (χ2n) is 7.01. The number of piperidine rings is 1. The summed E-state index contributed by atoms with van der Waals surface area (Å²) in [6, 6.07) is 0.486. The molecule has 2 fully saturated rings. The zero-order chi connectivity index (χ0) is 14.7. The fourth-order valence-corrected chi connectivity index (χ4v) is 3.51. The van der Waals surface area contributed by atoms with Gasteiger partial charge in [0, 0.05) is 45.3 Å². The molecule has 2 rings (SSSR count). The molecular weight excluding hydrogens is 250 g/mol. The van der Waals surface area contributed by atoms with E-state index in [9.17, 15) is 4.79 Å². The first kappa shape index (κ1) is 15.8. The number of rotatable bonds is 4. The van der Waals surface area contributed by atoms with Gasteiger partial charge in [0.1, 0.15) is 0 Å². The van der Waals surface area contributed by atoms with Crippen molar-refractivity contribution in [3.8, 4) is 0 Å². The van der Waals surface area contributed by atoms with Gasteiger partial charge in [-0.1, -0.05) is 13.8 Å². The van der Waals surface area contributed by atoms with Crippen LogP contribution < -0.4 is 0 Å². The Kier molecular flexibility index (Phi) is 5.44. The molecule has 0 aliphatic carbocycles. The predicted molar refractivity (Wildman–Crippen MR) is 82.7 cm³/mol. The molecule has 0 unspecified atom stereocenters. The number of piperazine rings is 1. The Morgan fingerprint density at radius 3 is 2.25 bits per heavy atom. The summed E-state index contributed by atoms with van der Waals surface area (Å²) in [5.74, 6) is 1.10. The van der Waals surface area contributed by atoms with Crippen LogP contribution in [0.5, 0.6) is 0 Å². The molecule has 2 aliphatic heterocycles. The van der Waals surface area contributed by atoms with E-state index in [1.54, 1.807) is 0 Å². The lowest BCUT2D eigenvalue weighted by molar-refractivity contribution is -0.143.